The molecule has 4 aromatic rings. The van der Waals surface area contributed by atoms with E-state index in [1.54, 1.807) is 20.4 Å². The van der Waals surface area contributed by atoms with Crippen LogP contribution < -0.4 is 9.47 Å². The van der Waals surface area contributed by atoms with Gasteiger partial charge in [0.1, 0.15) is 11.5 Å². The molecule has 0 aliphatic heterocycles. The molecule has 2 heterocycles. The number of hydrogen-bond donors (Lipinski definition) is 0. The number of benzene rings is 2. The van der Waals surface area contributed by atoms with E-state index in [0.29, 0.717) is 11.5 Å². The highest BCUT2D eigenvalue weighted by Gasteiger charge is 2.12. The predicted octanol–water partition coefficient (Wildman–Crippen LogP) is 4.38. The number of aromatic nitrogens is 3. The van der Waals surface area contributed by atoms with Crippen LogP contribution in [0.1, 0.15) is 0 Å². The molecule has 26 heavy (non-hydrogen) atoms. The smallest absolute Gasteiger partial charge is 0.163 e. The fourth-order valence-corrected chi connectivity index (χ4v) is 2.82. The van der Waals surface area contributed by atoms with Gasteiger partial charge in [-0.25, -0.2) is 15.0 Å². The Labute approximate surface area is 151 Å². The van der Waals surface area contributed by atoms with E-state index in [9.17, 15) is 0 Å². The average Bonchev–Trinajstić information content (AvgIpc) is 2.73. The second-order valence-corrected chi connectivity index (χ2v) is 5.73. The molecule has 128 valence electrons. The minimum absolute atomic E-state index is 0.622. The lowest BCUT2D eigenvalue weighted by atomic mass is 10.1. The van der Waals surface area contributed by atoms with Gasteiger partial charge in [-0.05, 0) is 48.5 Å². The fraction of sp³-hybridized carbons (Fsp3) is 0.0952. The lowest BCUT2D eigenvalue weighted by Gasteiger charge is -2.10. The number of methoxy groups -OCH3 is 2. The number of hydrogen-bond acceptors (Lipinski definition) is 5. The molecule has 0 N–H and O–H groups in total. The van der Waals surface area contributed by atoms with Crippen LogP contribution in [0.25, 0.3) is 33.7 Å². The maximum Gasteiger partial charge on any atom is 0.163 e. The first-order valence-electron chi connectivity index (χ1n) is 8.20. The molecule has 0 bridgehead atoms. The summed E-state index contributed by atoms with van der Waals surface area (Å²) < 4.78 is 10.6. The van der Waals surface area contributed by atoms with Gasteiger partial charge >= 0.3 is 0 Å². The number of ether oxygens (including phenoxy) is 2. The van der Waals surface area contributed by atoms with Crippen molar-refractivity contribution in [1.82, 2.24) is 15.0 Å². The highest BCUT2D eigenvalue weighted by Crippen LogP contribution is 2.30. The zero-order chi connectivity index (χ0) is 17.9. The Morgan fingerprint density at radius 1 is 0.731 bits per heavy atom. The van der Waals surface area contributed by atoms with Crippen LogP contribution in [0.15, 0.2) is 66.9 Å². The lowest BCUT2D eigenvalue weighted by molar-refractivity contribution is 0.415. The summed E-state index contributed by atoms with van der Waals surface area (Å²) in [6, 6.07) is 19.4. The minimum Gasteiger partial charge on any atom is -0.497 e. The molecule has 0 saturated carbocycles. The molecule has 0 saturated heterocycles. The Hall–Kier alpha value is -3.47. The van der Waals surface area contributed by atoms with Gasteiger partial charge in [0.05, 0.1) is 19.9 Å². The molecule has 0 aliphatic carbocycles. The molecule has 0 unspecified atom stereocenters. The third kappa shape index (κ3) is 2.95. The van der Waals surface area contributed by atoms with Gasteiger partial charge in [-0.3, -0.25) is 0 Å². The highest BCUT2D eigenvalue weighted by molar-refractivity contribution is 5.91. The molecular weight excluding hydrogens is 326 g/mol. The number of fused-ring (bicyclic) bond motifs is 1. The number of pyridine rings is 1. The van der Waals surface area contributed by atoms with Crippen molar-refractivity contribution in [1.29, 1.82) is 0 Å². The van der Waals surface area contributed by atoms with E-state index in [1.165, 1.54) is 0 Å². The van der Waals surface area contributed by atoms with Gasteiger partial charge in [-0.15, -0.1) is 0 Å². The Morgan fingerprint density at radius 2 is 1.54 bits per heavy atom. The molecule has 0 radical (unpaired) electrons. The zero-order valence-corrected chi connectivity index (χ0v) is 14.5. The van der Waals surface area contributed by atoms with Crippen molar-refractivity contribution >= 4 is 11.0 Å². The quantitative estimate of drug-likeness (QED) is 0.550. The molecule has 0 atom stereocenters. The first kappa shape index (κ1) is 16.0. The average molecular weight is 343 g/mol. The van der Waals surface area contributed by atoms with Crippen LogP contribution in [0.4, 0.5) is 0 Å². The second kappa shape index (κ2) is 6.80. The van der Waals surface area contributed by atoms with Crippen molar-refractivity contribution in [2.45, 2.75) is 0 Å². The number of rotatable bonds is 4. The monoisotopic (exact) mass is 343 g/mol. The van der Waals surface area contributed by atoms with Crippen molar-refractivity contribution in [3.05, 3.63) is 66.9 Å². The first-order chi connectivity index (χ1) is 12.8. The molecule has 0 spiro atoms. The van der Waals surface area contributed by atoms with Gasteiger partial charge in [0.25, 0.3) is 0 Å². The van der Waals surface area contributed by atoms with Crippen LogP contribution >= 0.6 is 0 Å². The summed E-state index contributed by atoms with van der Waals surface area (Å²) in [6.07, 6.45) is 1.74. The van der Waals surface area contributed by atoms with E-state index in [2.05, 4.69) is 9.97 Å². The van der Waals surface area contributed by atoms with E-state index in [0.717, 1.165) is 33.7 Å². The largest absolute Gasteiger partial charge is 0.497 e. The summed E-state index contributed by atoms with van der Waals surface area (Å²) in [6.45, 7) is 0. The minimum atomic E-state index is 0.622. The van der Waals surface area contributed by atoms with Gasteiger partial charge in [0.15, 0.2) is 11.5 Å². The van der Waals surface area contributed by atoms with Crippen molar-refractivity contribution in [3.63, 3.8) is 0 Å². The van der Waals surface area contributed by atoms with E-state index in [4.69, 9.17) is 14.5 Å². The number of nitrogens with zero attached hydrogens (tertiary/aromatic N) is 3. The summed E-state index contributed by atoms with van der Waals surface area (Å²) in [7, 11) is 3.30. The molecule has 5 heteroatoms. The van der Waals surface area contributed by atoms with Crippen molar-refractivity contribution < 1.29 is 9.47 Å². The van der Waals surface area contributed by atoms with E-state index >= 15 is 0 Å². The normalized spacial score (nSPS) is 10.7. The van der Waals surface area contributed by atoms with Crippen molar-refractivity contribution in [3.8, 4) is 34.1 Å². The molecule has 2 aromatic heterocycles. The van der Waals surface area contributed by atoms with Gasteiger partial charge in [0.2, 0.25) is 0 Å². The fourth-order valence-electron chi connectivity index (χ4n) is 2.82. The van der Waals surface area contributed by atoms with E-state index < -0.39 is 0 Å². The van der Waals surface area contributed by atoms with Crippen LogP contribution in [-0.2, 0) is 0 Å². The van der Waals surface area contributed by atoms with Gasteiger partial charge in [-0.1, -0.05) is 12.1 Å². The van der Waals surface area contributed by atoms with Crippen LogP contribution in [0, 0.1) is 0 Å². The van der Waals surface area contributed by atoms with Crippen LogP contribution in [0.3, 0.4) is 0 Å². The molecule has 4 rings (SSSR count). The third-order valence-corrected chi connectivity index (χ3v) is 4.16. The molecule has 5 nitrogen and oxygen atoms in total. The molecule has 0 amide bonds. The topological polar surface area (TPSA) is 57.1 Å². The maximum absolute atomic E-state index is 5.36. The molecular formula is C21H17N3O2. The predicted molar refractivity (Wildman–Crippen MR) is 101 cm³/mol. The first-order valence-corrected chi connectivity index (χ1v) is 8.20. The highest BCUT2D eigenvalue weighted by atomic mass is 16.5. The van der Waals surface area contributed by atoms with Crippen LogP contribution in [0.5, 0.6) is 11.5 Å². The summed E-state index contributed by atoms with van der Waals surface area (Å²) in [4.78, 5) is 13.9. The molecule has 0 aliphatic rings. The Bertz CT molecular complexity index is 1060. The van der Waals surface area contributed by atoms with Gasteiger partial charge in [-0.2, -0.15) is 0 Å². The maximum atomic E-state index is 5.36. The van der Waals surface area contributed by atoms with Crippen molar-refractivity contribution in [2.75, 3.05) is 14.2 Å². The Kier molecular flexibility index (Phi) is 4.19. The summed E-state index contributed by atoms with van der Waals surface area (Å²) in [5.41, 5.74) is 3.35. The Morgan fingerprint density at radius 3 is 2.31 bits per heavy atom. The van der Waals surface area contributed by atoms with E-state index in [-0.39, 0.29) is 0 Å². The summed E-state index contributed by atoms with van der Waals surface area (Å²) >= 11 is 0. The third-order valence-electron chi connectivity index (χ3n) is 4.16. The molecule has 0 fully saturated rings. The molecule has 2 aromatic carbocycles. The summed E-state index contributed by atoms with van der Waals surface area (Å²) in [5.74, 6) is 2.20. The lowest BCUT2D eigenvalue weighted by Crippen LogP contribution is -1.97. The Balaban J connectivity index is 1.93. The summed E-state index contributed by atoms with van der Waals surface area (Å²) in [5, 5.41) is 0.901. The van der Waals surface area contributed by atoms with Gasteiger partial charge in [0, 0.05) is 22.7 Å². The standard InChI is InChI=1S/C21H17N3O2/c1-25-16-10-8-14(9-11-16)20-23-19(15-5-3-6-17(13-15)26-2)18-7-4-12-22-21(18)24-20/h3-13H,1-2H3. The second-order valence-electron chi connectivity index (χ2n) is 5.73. The van der Waals surface area contributed by atoms with Crippen LogP contribution in [0.2, 0.25) is 0 Å². The van der Waals surface area contributed by atoms with Crippen LogP contribution in [-0.4, -0.2) is 29.2 Å². The SMILES string of the molecule is COc1ccc(-c2nc(-c3cccc(OC)c3)c3cccnc3n2)cc1. The zero-order valence-electron chi connectivity index (χ0n) is 14.5. The van der Waals surface area contributed by atoms with Crippen molar-refractivity contribution in [2.24, 2.45) is 0 Å². The van der Waals surface area contributed by atoms with E-state index in [1.807, 2.05) is 60.7 Å². The van der Waals surface area contributed by atoms with Gasteiger partial charge < -0.3 is 9.47 Å².